The van der Waals surface area contributed by atoms with Crippen LogP contribution in [0.1, 0.15) is 24.8 Å². The zero-order chi connectivity index (χ0) is 23.4. The van der Waals surface area contributed by atoms with Gasteiger partial charge in [-0.2, -0.15) is 17.9 Å². The summed E-state index contributed by atoms with van der Waals surface area (Å²) in [6.07, 6.45) is 1.39. The first-order chi connectivity index (χ1) is 15.3. The van der Waals surface area contributed by atoms with Gasteiger partial charge in [-0.3, -0.25) is 4.79 Å². The number of hydrogen-bond acceptors (Lipinski definition) is 7. The van der Waals surface area contributed by atoms with Crippen molar-refractivity contribution in [2.24, 2.45) is 5.92 Å². The maximum Gasteiger partial charge on any atom is 0.239 e. The molecule has 3 aromatic rings. The van der Waals surface area contributed by atoms with Gasteiger partial charge in [0, 0.05) is 36.0 Å². The molecule has 0 aliphatic heterocycles. The van der Waals surface area contributed by atoms with Gasteiger partial charge in [0.15, 0.2) is 0 Å². The van der Waals surface area contributed by atoms with Crippen LogP contribution in [0.3, 0.4) is 0 Å². The van der Waals surface area contributed by atoms with Crippen LogP contribution in [0.15, 0.2) is 30.6 Å². The van der Waals surface area contributed by atoms with Crippen molar-refractivity contribution in [1.29, 1.82) is 5.26 Å². The lowest BCUT2D eigenvalue weighted by Crippen LogP contribution is -2.37. The molecule has 8 nitrogen and oxygen atoms in total. The normalized spacial score (nSPS) is 13.2. The molecule has 1 aromatic carbocycles. The predicted octanol–water partition coefficient (Wildman–Crippen LogP) is 3.62. The SMILES string of the molecule is COCCn1c([C@H](S)[C@H](C#N)C(=O)NC(C)C)c(-c2ccc(Cl)cc2)c2c(N)ncnc21. The third-order valence-corrected chi connectivity index (χ3v) is 5.80. The van der Waals surface area contributed by atoms with E-state index in [4.69, 9.17) is 34.7 Å². The molecule has 0 saturated carbocycles. The fraction of sp³-hybridized carbons (Fsp3) is 0.364. The zero-order valence-corrected chi connectivity index (χ0v) is 19.7. The average molecular weight is 473 g/mol. The Morgan fingerprint density at radius 1 is 1.34 bits per heavy atom. The maximum atomic E-state index is 12.8. The van der Waals surface area contributed by atoms with Crippen LogP contribution in [0.25, 0.3) is 22.2 Å². The number of nitrogens with two attached hydrogens (primary N) is 1. The number of carbonyl (C=O) groups excluding carboxylic acids is 1. The summed E-state index contributed by atoms with van der Waals surface area (Å²) in [5.74, 6) is -1.16. The third-order valence-electron chi connectivity index (χ3n) is 5.01. The van der Waals surface area contributed by atoms with Crippen LogP contribution in [0, 0.1) is 17.2 Å². The van der Waals surface area contributed by atoms with Gasteiger partial charge in [0.1, 0.15) is 23.7 Å². The Bertz CT molecular complexity index is 1160. The Morgan fingerprint density at radius 2 is 2.03 bits per heavy atom. The highest BCUT2D eigenvalue weighted by molar-refractivity contribution is 7.80. The molecule has 0 aliphatic rings. The molecule has 0 spiro atoms. The number of methoxy groups -OCH3 is 1. The molecule has 1 amide bonds. The van der Waals surface area contributed by atoms with Crippen LogP contribution in [0.4, 0.5) is 5.82 Å². The summed E-state index contributed by atoms with van der Waals surface area (Å²) in [4.78, 5) is 21.4. The number of benzene rings is 1. The topological polar surface area (TPSA) is 119 Å². The second-order valence-electron chi connectivity index (χ2n) is 7.58. The lowest BCUT2D eigenvalue weighted by atomic mass is 9.95. The van der Waals surface area contributed by atoms with Crippen molar-refractivity contribution in [2.75, 3.05) is 19.5 Å². The number of carbonyl (C=O) groups is 1. The molecule has 0 aliphatic carbocycles. The van der Waals surface area contributed by atoms with Gasteiger partial charge in [-0.05, 0) is 31.5 Å². The molecule has 2 aromatic heterocycles. The molecule has 32 heavy (non-hydrogen) atoms. The van der Waals surface area contributed by atoms with E-state index in [1.165, 1.54) is 6.33 Å². The lowest BCUT2D eigenvalue weighted by molar-refractivity contribution is -0.123. The van der Waals surface area contributed by atoms with E-state index in [0.717, 1.165) is 5.56 Å². The number of rotatable bonds is 8. The van der Waals surface area contributed by atoms with E-state index in [1.54, 1.807) is 19.2 Å². The van der Waals surface area contributed by atoms with Gasteiger partial charge in [0.25, 0.3) is 0 Å². The first-order valence-electron chi connectivity index (χ1n) is 10.1. The molecule has 10 heteroatoms. The molecule has 168 valence electrons. The largest absolute Gasteiger partial charge is 0.383 e. The van der Waals surface area contributed by atoms with Gasteiger partial charge < -0.3 is 20.4 Å². The van der Waals surface area contributed by atoms with E-state index in [9.17, 15) is 10.1 Å². The van der Waals surface area contributed by atoms with Crippen LogP contribution in [0.5, 0.6) is 0 Å². The van der Waals surface area contributed by atoms with Crippen molar-refractivity contribution < 1.29 is 9.53 Å². The molecule has 0 radical (unpaired) electrons. The molecule has 0 unspecified atom stereocenters. The van der Waals surface area contributed by atoms with E-state index in [0.29, 0.717) is 40.5 Å². The number of amides is 1. The van der Waals surface area contributed by atoms with Crippen LogP contribution < -0.4 is 11.1 Å². The number of aromatic nitrogens is 3. The van der Waals surface area contributed by atoms with E-state index < -0.39 is 17.1 Å². The molecule has 3 rings (SSSR count). The number of ether oxygens (including phenoxy) is 1. The zero-order valence-electron chi connectivity index (χ0n) is 18.0. The fourth-order valence-electron chi connectivity index (χ4n) is 3.64. The lowest BCUT2D eigenvalue weighted by Gasteiger charge is -2.22. The minimum atomic E-state index is -1.05. The number of hydrogen-bond donors (Lipinski definition) is 3. The molecule has 2 heterocycles. The molecule has 2 atom stereocenters. The fourth-order valence-corrected chi connectivity index (χ4v) is 4.24. The van der Waals surface area contributed by atoms with Crippen molar-refractivity contribution in [3.05, 3.63) is 41.3 Å². The predicted molar refractivity (Wildman–Crippen MR) is 128 cm³/mol. The summed E-state index contributed by atoms with van der Waals surface area (Å²) >= 11 is 10.9. The van der Waals surface area contributed by atoms with Crippen molar-refractivity contribution in [1.82, 2.24) is 19.9 Å². The van der Waals surface area contributed by atoms with Crippen LogP contribution in [-0.2, 0) is 16.1 Å². The minimum Gasteiger partial charge on any atom is -0.383 e. The quantitative estimate of drug-likeness (QED) is 0.431. The molecular weight excluding hydrogens is 448 g/mol. The van der Waals surface area contributed by atoms with Crippen LogP contribution in [-0.4, -0.2) is 40.2 Å². The Hall–Kier alpha value is -2.80. The molecule has 0 saturated heterocycles. The first-order valence-corrected chi connectivity index (χ1v) is 10.9. The van der Waals surface area contributed by atoms with Gasteiger partial charge in [-0.25, -0.2) is 9.97 Å². The van der Waals surface area contributed by atoms with Gasteiger partial charge in [0.2, 0.25) is 5.91 Å². The Labute approximate surface area is 197 Å². The standard InChI is InChI=1S/C22H25ClN6O2S/c1-12(2)28-22(30)15(10-24)19(32)18-16(13-4-6-14(23)7-5-13)17-20(25)26-11-27-21(17)29(18)8-9-31-3/h4-7,11-12,15,19,32H,8-9H2,1-3H3,(H,28,30)(H2,25,26,27)/t15-,19+/m0/s1. The summed E-state index contributed by atoms with van der Waals surface area (Å²) in [5, 5.41) is 13.1. The van der Waals surface area contributed by atoms with Gasteiger partial charge in [0.05, 0.1) is 23.3 Å². The van der Waals surface area contributed by atoms with Crippen molar-refractivity contribution >= 4 is 47.0 Å². The van der Waals surface area contributed by atoms with E-state index in [2.05, 4.69) is 21.4 Å². The maximum absolute atomic E-state index is 12.8. The number of nitrogens with zero attached hydrogens (tertiary/aromatic N) is 4. The van der Waals surface area contributed by atoms with Crippen LogP contribution in [0.2, 0.25) is 5.02 Å². The van der Waals surface area contributed by atoms with E-state index >= 15 is 0 Å². The summed E-state index contributed by atoms with van der Waals surface area (Å²) < 4.78 is 7.19. The monoisotopic (exact) mass is 472 g/mol. The Kier molecular flexibility index (Phi) is 7.61. The number of nitrogens with one attached hydrogen (secondary N) is 1. The molecule has 0 fully saturated rings. The number of nitriles is 1. The summed E-state index contributed by atoms with van der Waals surface area (Å²) in [5.41, 5.74) is 9.01. The highest BCUT2D eigenvalue weighted by atomic mass is 35.5. The number of fused-ring (bicyclic) bond motifs is 1. The van der Waals surface area contributed by atoms with Gasteiger partial charge >= 0.3 is 0 Å². The number of thiol groups is 1. The number of anilines is 1. The average Bonchev–Trinajstić information content (AvgIpc) is 3.08. The molecule has 0 bridgehead atoms. The molecular formula is C22H25ClN6O2S. The summed E-state index contributed by atoms with van der Waals surface area (Å²) in [7, 11) is 1.60. The Balaban J connectivity index is 2.32. The van der Waals surface area contributed by atoms with Crippen molar-refractivity contribution in [3.8, 4) is 17.2 Å². The van der Waals surface area contributed by atoms with Crippen LogP contribution >= 0.6 is 24.2 Å². The second-order valence-corrected chi connectivity index (χ2v) is 8.58. The molecule has 3 N–H and O–H groups in total. The van der Waals surface area contributed by atoms with E-state index in [-0.39, 0.29) is 11.9 Å². The smallest absolute Gasteiger partial charge is 0.239 e. The Morgan fingerprint density at radius 3 is 2.62 bits per heavy atom. The number of nitrogen functional groups attached to an aromatic ring is 1. The minimum absolute atomic E-state index is 0.115. The van der Waals surface area contributed by atoms with Crippen molar-refractivity contribution in [3.63, 3.8) is 0 Å². The number of halogens is 1. The first kappa shape index (κ1) is 23.9. The van der Waals surface area contributed by atoms with Crippen molar-refractivity contribution in [2.45, 2.75) is 31.7 Å². The highest BCUT2D eigenvalue weighted by Gasteiger charge is 2.34. The second kappa shape index (κ2) is 10.2. The highest BCUT2D eigenvalue weighted by Crippen LogP contribution is 2.43. The summed E-state index contributed by atoms with van der Waals surface area (Å²) in [6, 6.07) is 9.23. The third kappa shape index (κ3) is 4.67. The van der Waals surface area contributed by atoms with E-state index in [1.807, 2.05) is 30.5 Å². The van der Waals surface area contributed by atoms with Gasteiger partial charge in [-0.1, -0.05) is 23.7 Å². The summed E-state index contributed by atoms with van der Waals surface area (Å²) in [6.45, 7) is 4.49. The van der Waals surface area contributed by atoms with Gasteiger partial charge in [-0.15, -0.1) is 0 Å².